The molecule has 0 saturated carbocycles. The van der Waals surface area contributed by atoms with Crippen molar-refractivity contribution in [3.8, 4) is 11.1 Å². The number of rotatable bonds is 4. The van der Waals surface area contributed by atoms with E-state index >= 15 is 0 Å². The standard InChI is InChI=1S/C45H29N3O2S/c1-2-10-26(11-3-1)43-46-44(28-21-23-40-36(25-28)31-13-5-7-19-39(31)51-40)48-45(47-43)34-17-9-16-33-32-15-8-14-29(41(32)50-42(33)34)27-20-22-38-35(24-27)30-12-4-6-18-37(30)49-38/h1-25,43-44,46H,(H,47,48)/p+2. The number of quaternary nitrogens is 1. The van der Waals surface area contributed by atoms with Crippen LogP contribution in [0, 0.1) is 0 Å². The highest BCUT2D eigenvalue weighted by Crippen LogP contribution is 2.39. The summed E-state index contributed by atoms with van der Waals surface area (Å²) in [6.45, 7) is 0. The van der Waals surface area contributed by atoms with Crippen LogP contribution >= 0.6 is 11.3 Å². The van der Waals surface area contributed by atoms with Gasteiger partial charge in [-0.05, 0) is 54.1 Å². The first kappa shape index (κ1) is 28.8. The van der Waals surface area contributed by atoms with E-state index in [2.05, 4.69) is 155 Å². The molecule has 3 aromatic heterocycles. The summed E-state index contributed by atoms with van der Waals surface area (Å²) in [6, 6.07) is 53.8. The molecule has 2 unspecified atom stereocenters. The maximum Gasteiger partial charge on any atom is 0.373 e. The van der Waals surface area contributed by atoms with E-state index < -0.39 is 0 Å². The zero-order valence-electron chi connectivity index (χ0n) is 27.4. The van der Waals surface area contributed by atoms with Crippen molar-refractivity contribution in [3.05, 3.63) is 168 Å². The molecule has 51 heavy (non-hydrogen) atoms. The SMILES string of the molecule is c1ccc(C2NC(c3ccc4sc5ccccc5c4c3)[NH+]=C(c3cccc4c3oc3c(-c5ccc6oc7ccccc7c6c5)cccc34)[NH2+]2)cc1. The van der Waals surface area contributed by atoms with Crippen LogP contribution in [0.3, 0.4) is 0 Å². The molecule has 6 heteroatoms. The number of nitrogen functional groups attached to an aromatic ring is 1. The molecule has 0 fully saturated rings. The predicted octanol–water partition coefficient (Wildman–Crippen LogP) is 8.91. The van der Waals surface area contributed by atoms with Gasteiger partial charge < -0.3 is 8.83 Å². The van der Waals surface area contributed by atoms with Crippen LogP contribution in [0.1, 0.15) is 29.0 Å². The van der Waals surface area contributed by atoms with E-state index in [9.17, 15) is 0 Å². The fourth-order valence-corrected chi connectivity index (χ4v) is 9.00. The second-order valence-corrected chi connectivity index (χ2v) is 14.4. The van der Waals surface area contributed by atoms with Crippen LogP contribution in [0.25, 0.3) is 75.2 Å². The molecule has 0 saturated heterocycles. The lowest BCUT2D eigenvalue weighted by atomic mass is 10.00. The maximum absolute atomic E-state index is 6.96. The maximum atomic E-state index is 6.96. The van der Waals surface area contributed by atoms with Crippen molar-refractivity contribution in [2.24, 2.45) is 0 Å². The molecule has 242 valence electrons. The summed E-state index contributed by atoms with van der Waals surface area (Å²) in [5.41, 5.74) is 9.15. The molecule has 0 bridgehead atoms. The Bertz CT molecular complexity index is 3010. The zero-order chi connectivity index (χ0) is 33.5. The molecule has 1 aliphatic rings. The molecule has 0 spiro atoms. The largest absolute Gasteiger partial charge is 0.456 e. The number of hydrogen-bond donors (Lipinski definition) is 3. The van der Waals surface area contributed by atoms with Crippen molar-refractivity contribution >= 4 is 81.2 Å². The lowest BCUT2D eigenvalue weighted by Gasteiger charge is -2.23. The number of hydrogen-bond acceptors (Lipinski definition) is 4. The number of benzene rings is 7. The first-order valence-electron chi connectivity index (χ1n) is 17.3. The van der Waals surface area contributed by atoms with Crippen LogP contribution in [0.5, 0.6) is 0 Å². The summed E-state index contributed by atoms with van der Waals surface area (Å²) in [4.78, 5) is 3.89. The average molecular weight is 678 g/mol. The van der Waals surface area contributed by atoms with E-state index in [1.807, 2.05) is 23.5 Å². The van der Waals surface area contributed by atoms with Gasteiger partial charge in [0.05, 0.1) is 0 Å². The third kappa shape index (κ3) is 4.58. The monoisotopic (exact) mass is 677 g/mol. The van der Waals surface area contributed by atoms with Crippen LogP contribution in [0.4, 0.5) is 0 Å². The van der Waals surface area contributed by atoms with Crippen molar-refractivity contribution in [1.82, 2.24) is 5.32 Å². The normalized spacial score (nSPS) is 16.6. The quantitative estimate of drug-likeness (QED) is 0.174. The summed E-state index contributed by atoms with van der Waals surface area (Å²) >= 11 is 1.85. The molecule has 0 aliphatic carbocycles. The van der Waals surface area contributed by atoms with Gasteiger partial charge in [-0.1, -0.05) is 103 Å². The fourth-order valence-electron chi connectivity index (χ4n) is 7.92. The van der Waals surface area contributed by atoms with Gasteiger partial charge in [0.1, 0.15) is 22.3 Å². The van der Waals surface area contributed by atoms with Gasteiger partial charge in [-0.2, -0.15) is 10.3 Å². The van der Waals surface area contributed by atoms with E-state index in [0.717, 1.165) is 66.4 Å². The topological polar surface area (TPSA) is 68.9 Å². The molecule has 7 aromatic carbocycles. The Hall–Kier alpha value is -6.05. The Kier molecular flexibility index (Phi) is 6.33. The first-order chi connectivity index (χ1) is 25.2. The Morgan fingerprint density at radius 3 is 2.10 bits per heavy atom. The summed E-state index contributed by atoms with van der Waals surface area (Å²) in [7, 11) is 0. The average Bonchev–Trinajstić information content (AvgIpc) is 3.89. The molecule has 11 rings (SSSR count). The smallest absolute Gasteiger partial charge is 0.373 e. The molecule has 1 aliphatic heterocycles. The highest BCUT2D eigenvalue weighted by Gasteiger charge is 2.36. The summed E-state index contributed by atoms with van der Waals surface area (Å²) in [5, 5.41) is 13.2. The first-order valence-corrected chi connectivity index (χ1v) is 18.1. The van der Waals surface area contributed by atoms with Gasteiger partial charge in [-0.3, -0.25) is 0 Å². The van der Waals surface area contributed by atoms with Crippen molar-refractivity contribution in [2.75, 3.05) is 0 Å². The number of nitrogens with one attached hydrogen (secondary N) is 2. The van der Waals surface area contributed by atoms with Crippen molar-refractivity contribution in [3.63, 3.8) is 0 Å². The Balaban J connectivity index is 1.07. The molecule has 2 atom stereocenters. The number of thiophene rings is 1. The molecule has 0 amide bonds. The van der Waals surface area contributed by atoms with Gasteiger partial charge in [0, 0.05) is 58.4 Å². The minimum atomic E-state index is -0.120. The van der Waals surface area contributed by atoms with E-state index in [1.165, 1.54) is 31.3 Å². The molecule has 10 aromatic rings. The van der Waals surface area contributed by atoms with Crippen LogP contribution in [0.15, 0.2) is 160 Å². The highest BCUT2D eigenvalue weighted by atomic mass is 32.1. The number of nitrogens with two attached hydrogens (primary N) is 1. The lowest BCUT2D eigenvalue weighted by Crippen LogP contribution is -3.07. The van der Waals surface area contributed by atoms with Crippen LogP contribution < -0.4 is 15.6 Å². The van der Waals surface area contributed by atoms with Crippen LogP contribution in [0.2, 0.25) is 0 Å². The Morgan fingerprint density at radius 2 is 1.22 bits per heavy atom. The zero-order valence-corrected chi connectivity index (χ0v) is 28.2. The summed E-state index contributed by atoms with van der Waals surface area (Å²) < 4.78 is 15.7. The van der Waals surface area contributed by atoms with E-state index in [1.54, 1.807) is 0 Å². The summed E-state index contributed by atoms with van der Waals surface area (Å²) in [5.74, 6) is 1.04. The van der Waals surface area contributed by atoms with E-state index in [0.29, 0.717) is 0 Å². The predicted molar refractivity (Wildman–Crippen MR) is 208 cm³/mol. The van der Waals surface area contributed by atoms with Crippen molar-refractivity contribution < 1.29 is 19.1 Å². The van der Waals surface area contributed by atoms with Gasteiger partial charge in [0.15, 0.2) is 11.7 Å². The Labute approximate surface area is 296 Å². The second kappa shape index (κ2) is 11.2. The minimum Gasteiger partial charge on any atom is -0.456 e. The number of fused-ring (bicyclic) bond motifs is 9. The third-order valence-corrected chi connectivity index (χ3v) is 11.5. The molecule has 5 nitrogen and oxygen atoms in total. The van der Waals surface area contributed by atoms with Gasteiger partial charge in [0.25, 0.3) is 0 Å². The van der Waals surface area contributed by atoms with Crippen molar-refractivity contribution in [2.45, 2.75) is 12.3 Å². The van der Waals surface area contributed by atoms with Crippen LogP contribution in [-0.2, 0) is 0 Å². The van der Waals surface area contributed by atoms with Gasteiger partial charge in [-0.15, -0.1) is 11.3 Å². The minimum absolute atomic E-state index is 0.00549. The molecular formula is C45H31N3O2S+2. The second-order valence-electron chi connectivity index (χ2n) is 13.3. The lowest BCUT2D eigenvalue weighted by molar-refractivity contribution is -0.701. The molecule has 0 radical (unpaired) electrons. The fraction of sp³-hybridized carbons (Fsp3) is 0.0444. The van der Waals surface area contributed by atoms with Gasteiger partial charge in [0.2, 0.25) is 6.17 Å². The van der Waals surface area contributed by atoms with Crippen molar-refractivity contribution in [1.29, 1.82) is 0 Å². The summed E-state index contributed by atoms with van der Waals surface area (Å²) in [6.07, 6.45) is -0.126. The molecule has 4 N–H and O–H groups in total. The van der Waals surface area contributed by atoms with Gasteiger partial charge in [-0.25, -0.2) is 5.32 Å². The number of furan rings is 2. The van der Waals surface area contributed by atoms with E-state index in [-0.39, 0.29) is 12.3 Å². The molecule has 4 heterocycles. The van der Waals surface area contributed by atoms with Crippen LogP contribution in [-0.4, -0.2) is 5.84 Å². The Morgan fingerprint density at radius 1 is 0.510 bits per heavy atom. The number of amidine groups is 1. The highest BCUT2D eigenvalue weighted by molar-refractivity contribution is 7.25. The molecular weight excluding hydrogens is 647 g/mol. The van der Waals surface area contributed by atoms with E-state index in [4.69, 9.17) is 8.83 Å². The van der Waals surface area contributed by atoms with Gasteiger partial charge >= 0.3 is 5.84 Å². The third-order valence-electron chi connectivity index (χ3n) is 10.4. The number of para-hydroxylation sites is 3.